The molecule has 0 spiro atoms. The number of nitrogens with one attached hydrogen (secondary N) is 1. The number of cyclic esters (lactones) is 1. The third kappa shape index (κ3) is 3.92. The number of benzene rings is 1. The maximum atomic E-state index is 12.3. The van der Waals surface area contributed by atoms with Crippen molar-refractivity contribution in [1.29, 1.82) is 0 Å². The Balaban J connectivity index is 1.81. The van der Waals surface area contributed by atoms with Gasteiger partial charge in [-0.2, -0.15) is 0 Å². The van der Waals surface area contributed by atoms with Crippen LogP contribution in [0.25, 0.3) is 0 Å². The van der Waals surface area contributed by atoms with Gasteiger partial charge in [0.05, 0.1) is 0 Å². The highest BCUT2D eigenvalue weighted by atomic mass is 35.5. The second-order valence-corrected chi connectivity index (χ2v) is 6.06. The number of pyridine rings is 1. The highest BCUT2D eigenvalue weighted by Crippen LogP contribution is 2.31. The fraction of sp³-hybridized carbons (Fsp3) is 0.118. The summed E-state index contributed by atoms with van der Waals surface area (Å²) in [5.74, 6) is -2.05. The van der Waals surface area contributed by atoms with E-state index in [9.17, 15) is 14.7 Å². The summed E-state index contributed by atoms with van der Waals surface area (Å²) >= 11 is 11.5. The number of carbonyl (C=O) groups is 2. The number of aromatic nitrogens is 1. The molecule has 128 valence electrons. The third-order valence-electron chi connectivity index (χ3n) is 3.54. The van der Waals surface area contributed by atoms with Gasteiger partial charge in [-0.25, -0.2) is 9.78 Å². The van der Waals surface area contributed by atoms with Gasteiger partial charge in [0, 0.05) is 12.1 Å². The van der Waals surface area contributed by atoms with Crippen LogP contribution in [-0.2, 0) is 14.3 Å². The van der Waals surface area contributed by atoms with E-state index < -0.39 is 23.6 Å². The van der Waals surface area contributed by atoms with Crippen LogP contribution in [0.15, 0.2) is 53.8 Å². The van der Waals surface area contributed by atoms with Crippen LogP contribution in [0.5, 0.6) is 0 Å². The SMILES string of the molecule is O=C(Nc1cc(Cl)nc(Cl)c1)C1=C(O)CC(c2ccccc2)OC1=O. The predicted molar refractivity (Wildman–Crippen MR) is 92.4 cm³/mol. The largest absolute Gasteiger partial charge is 0.511 e. The molecule has 3 rings (SSSR count). The molecule has 0 saturated carbocycles. The van der Waals surface area contributed by atoms with E-state index in [4.69, 9.17) is 27.9 Å². The van der Waals surface area contributed by atoms with Crippen molar-refractivity contribution in [2.75, 3.05) is 5.32 Å². The van der Waals surface area contributed by atoms with Crippen LogP contribution < -0.4 is 5.32 Å². The van der Waals surface area contributed by atoms with Crippen LogP contribution >= 0.6 is 23.2 Å². The lowest BCUT2D eigenvalue weighted by molar-refractivity contribution is -0.148. The van der Waals surface area contributed by atoms with E-state index in [1.165, 1.54) is 12.1 Å². The summed E-state index contributed by atoms with van der Waals surface area (Å²) in [7, 11) is 0. The number of anilines is 1. The van der Waals surface area contributed by atoms with E-state index in [0.29, 0.717) is 0 Å². The van der Waals surface area contributed by atoms with E-state index in [1.54, 1.807) is 24.3 Å². The Morgan fingerprint density at radius 1 is 1.20 bits per heavy atom. The number of ether oxygens (including phenoxy) is 1. The van der Waals surface area contributed by atoms with Crippen molar-refractivity contribution in [3.8, 4) is 0 Å². The molecule has 2 aromatic rings. The fourth-order valence-corrected chi connectivity index (χ4v) is 2.89. The molecule has 0 radical (unpaired) electrons. The maximum absolute atomic E-state index is 12.3. The summed E-state index contributed by atoms with van der Waals surface area (Å²) < 4.78 is 5.28. The van der Waals surface area contributed by atoms with Crippen LogP contribution in [0.3, 0.4) is 0 Å². The first-order valence-electron chi connectivity index (χ1n) is 7.26. The molecular formula is C17H12Cl2N2O4. The number of halogens is 2. The predicted octanol–water partition coefficient (Wildman–Crippen LogP) is 3.83. The van der Waals surface area contributed by atoms with Gasteiger partial charge in [-0.3, -0.25) is 4.79 Å². The molecule has 1 atom stereocenters. The number of esters is 1. The topological polar surface area (TPSA) is 88.5 Å². The molecular weight excluding hydrogens is 367 g/mol. The minimum atomic E-state index is -0.902. The average Bonchev–Trinajstić information content (AvgIpc) is 2.54. The van der Waals surface area contributed by atoms with Gasteiger partial charge in [0.15, 0.2) is 5.57 Å². The highest BCUT2D eigenvalue weighted by molar-refractivity contribution is 6.33. The monoisotopic (exact) mass is 378 g/mol. The lowest BCUT2D eigenvalue weighted by Crippen LogP contribution is -2.29. The van der Waals surface area contributed by atoms with E-state index >= 15 is 0 Å². The van der Waals surface area contributed by atoms with E-state index in [2.05, 4.69) is 10.3 Å². The van der Waals surface area contributed by atoms with Crippen molar-refractivity contribution in [3.63, 3.8) is 0 Å². The van der Waals surface area contributed by atoms with Gasteiger partial charge < -0.3 is 15.2 Å². The normalized spacial score (nSPS) is 17.2. The molecule has 0 aliphatic carbocycles. The third-order valence-corrected chi connectivity index (χ3v) is 3.93. The summed E-state index contributed by atoms with van der Waals surface area (Å²) in [6.07, 6.45) is -0.633. The molecule has 0 bridgehead atoms. The van der Waals surface area contributed by atoms with Gasteiger partial charge in [0.1, 0.15) is 22.2 Å². The minimum absolute atomic E-state index is 0.0103. The molecule has 1 amide bonds. The standard InChI is InChI=1S/C17H12Cl2N2O4/c18-13-6-10(7-14(19)21-13)20-16(23)15-11(22)8-12(25-17(15)24)9-4-2-1-3-5-9/h1-7,12,22H,8H2,(H,20,21,23). The van der Waals surface area contributed by atoms with Crippen molar-refractivity contribution in [2.45, 2.75) is 12.5 Å². The van der Waals surface area contributed by atoms with Gasteiger partial charge >= 0.3 is 5.97 Å². The molecule has 1 aliphatic rings. The lowest BCUT2D eigenvalue weighted by Gasteiger charge is -2.24. The van der Waals surface area contributed by atoms with Crippen molar-refractivity contribution >= 4 is 40.8 Å². The van der Waals surface area contributed by atoms with Crippen LogP contribution in [0, 0.1) is 0 Å². The first-order chi connectivity index (χ1) is 11.9. The fourth-order valence-electron chi connectivity index (χ4n) is 2.43. The lowest BCUT2D eigenvalue weighted by atomic mass is 10.00. The minimum Gasteiger partial charge on any atom is -0.511 e. The van der Waals surface area contributed by atoms with Crippen LogP contribution in [0.1, 0.15) is 18.1 Å². The molecule has 8 heteroatoms. The Morgan fingerprint density at radius 2 is 1.84 bits per heavy atom. The zero-order valence-corrected chi connectivity index (χ0v) is 14.2. The Kier molecular flexibility index (Phi) is 4.92. The first-order valence-corrected chi connectivity index (χ1v) is 8.02. The molecule has 1 aromatic heterocycles. The van der Waals surface area contributed by atoms with E-state index in [1.807, 2.05) is 6.07 Å². The second kappa shape index (κ2) is 7.13. The number of carbonyl (C=O) groups excluding carboxylic acids is 2. The molecule has 1 unspecified atom stereocenters. The van der Waals surface area contributed by atoms with Crippen LogP contribution in [-0.4, -0.2) is 22.0 Å². The van der Waals surface area contributed by atoms with E-state index in [-0.39, 0.29) is 28.2 Å². The Bertz CT molecular complexity index is 848. The number of hydrogen-bond donors (Lipinski definition) is 2. The maximum Gasteiger partial charge on any atom is 0.347 e. The second-order valence-electron chi connectivity index (χ2n) is 5.29. The van der Waals surface area contributed by atoms with Crippen molar-refractivity contribution in [3.05, 3.63) is 69.7 Å². The molecule has 6 nitrogen and oxygen atoms in total. The Hall–Kier alpha value is -2.57. The summed E-state index contributed by atoms with van der Waals surface area (Å²) in [5.41, 5.74) is 0.527. The van der Waals surface area contributed by atoms with Crippen molar-refractivity contribution < 1.29 is 19.4 Å². The number of rotatable bonds is 3. The summed E-state index contributed by atoms with van der Waals surface area (Å²) in [6.45, 7) is 0. The summed E-state index contributed by atoms with van der Waals surface area (Å²) in [6, 6.07) is 11.7. The average molecular weight is 379 g/mol. The van der Waals surface area contributed by atoms with Gasteiger partial charge in [-0.05, 0) is 17.7 Å². The Morgan fingerprint density at radius 3 is 2.44 bits per heavy atom. The number of amides is 1. The van der Waals surface area contributed by atoms with Crippen LogP contribution in [0.2, 0.25) is 10.3 Å². The number of nitrogens with zero attached hydrogens (tertiary/aromatic N) is 1. The molecule has 2 N–H and O–H groups in total. The molecule has 0 fully saturated rings. The van der Waals surface area contributed by atoms with Crippen molar-refractivity contribution in [2.24, 2.45) is 0 Å². The summed E-state index contributed by atoms with van der Waals surface area (Å²) in [4.78, 5) is 28.3. The van der Waals surface area contributed by atoms with Gasteiger partial charge in [0.2, 0.25) is 0 Å². The molecule has 1 aromatic carbocycles. The molecule has 25 heavy (non-hydrogen) atoms. The van der Waals surface area contributed by atoms with Gasteiger partial charge in [0.25, 0.3) is 5.91 Å². The van der Waals surface area contributed by atoms with Crippen molar-refractivity contribution in [1.82, 2.24) is 4.98 Å². The summed E-state index contributed by atoms with van der Waals surface area (Å²) in [5, 5.41) is 12.8. The number of aliphatic hydroxyl groups excluding tert-OH is 1. The van der Waals surface area contributed by atoms with Crippen LogP contribution in [0.4, 0.5) is 5.69 Å². The zero-order chi connectivity index (χ0) is 18.0. The molecule has 1 aliphatic heterocycles. The smallest absolute Gasteiger partial charge is 0.347 e. The first kappa shape index (κ1) is 17.3. The zero-order valence-electron chi connectivity index (χ0n) is 12.7. The number of aliphatic hydroxyl groups is 1. The quantitative estimate of drug-likeness (QED) is 0.481. The van der Waals surface area contributed by atoms with Gasteiger partial charge in [-0.1, -0.05) is 53.5 Å². The Labute approximate surface area is 153 Å². The van der Waals surface area contributed by atoms with E-state index in [0.717, 1.165) is 5.56 Å². The molecule has 2 heterocycles. The number of hydrogen-bond acceptors (Lipinski definition) is 5. The van der Waals surface area contributed by atoms with Gasteiger partial charge in [-0.15, -0.1) is 0 Å². The highest BCUT2D eigenvalue weighted by Gasteiger charge is 2.34. The molecule has 0 saturated heterocycles.